The van der Waals surface area contributed by atoms with Crippen molar-refractivity contribution in [3.8, 4) is 5.75 Å². The summed E-state index contributed by atoms with van der Waals surface area (Å²) in [5, 5.41) is 11.2. The predicted molar refractivity (Wildman–Crippen MR) is 103 cm³/mol. The van der Waals surface area contributed by atoms with Gasteiger partial charge in [0.05, 0.1) is 12.0 Å². The predicted octanol–water partition coefficient (Wildman–Crippen LogP) is 3.54. The van der Waals surface area contributed by atoms with Crippen LogP contribution in [0, 0.1) is 30.9 Å². The fourth-order valence-corrected chi connectivity index (χ4v) is 3.02. The average Bonchev–Trinajstić information content (AvgIpc) is 2.94. The number of esters is 1. The Morgan fingerprint density at radius 1 is 1.18 bits per heavy atom. The van der Waals surface area contributed by atoms with E-state index < -0.39 is 4.92 Å². The number of methoxy groups -OCH3 is 1. The molecule has 2 aromatic rings. The minimum absolute atomic E-state index is 0.0656. The Morgan fingerprint density at radius 2 is 1.89 bits per heavy atom. The highest BCUT2D eigenvalue weighted by molar-refractivity contribution is 5.98. The minimum atomic E-state index is -0.528. The molecule has 8 nitrogen and oxygen atoms in total. The van der Waals surface area contributed by atoms with Crippen molar-refractivity contribution in [3.63, 3.8) is 0 Å². The largest absolute Gasteiger partial charge is 0.478 e. The van der Waals surface area contributed by atoms with Crippen LogP contribution in [0.15, 0.2) is 24.3 Å². The number of nitrogens with zero attached hydrogens (tertiary/aromatic N) is 2. The highest BCUT2D eigenvalue weighted by atomic mass is 16.6. The van der Waals surface area contributed by atoms with Crippen LogP contribution < -0.4 is 4.74 Å². The molecule has 0 amide bonds. The van der Waals surface area contributed by atoms with Crippen molar-refractivity contribution in [1.82, 2.24) is 4.57 Å². The summed E-state index contributed by atoms with van der Waals surface area (Å²) in [6.07, 6.45) is 0.903. The molecule has 2 rings (SSSR count). The molecule has 0 aliphatic carbocycles. The zero-order valence-electron chi connectivity index (χ0n) is 16.5. The number of aryl methyl sites for hydroxylation is 2. The molecule has 0 atom stereocenters. The maximum atomic E-state index is 12.6. The monoisotopic (exact) mass is 388 g/mol. The zero-order chi connectivity index (χ0) is 20.8. The van der Waals surface area contributed by atoms with E-state index in [1.807, 2.05) is 18.4 Å². The van der Waals surface area contributed by atoms with E-state index in [4.69, 9.17) is 4.74 Å². The van der Waals surface area contributed by atoms with Crippen LogP contribution in [0.25, 0.3) is 0 Å². The van der Waals surface area contributed by atoms with E-state index in [-0.39, 0.29) is 29.8 Å². The molecule has 0 fully saturated rings. The molecule has 0 aliphatic rings. The molecular formula is C20H24N2O6. The lowest BCUT2D eigenvalue weighted by molar-refractivity contribution is -0.385. The normalized spacial score (nSPS) is 10.6. The zero-order valence-corrected chi connectivity index (χ0v) is 16.5. The van der Waals surface area contributed by atoms with Gasteiger partial charge in [-0.15, -0.1) is 0 Å². The number of hydrogen-bond acceptors (Lipinski definition) is 6. The summed E-state index contributed by atoms with van der Waals surface area (Å²) in [5.41, 5.74) is 2.74. The van der Waals surface area contributed by atoms with Gasteiger partial charge in [-0.05, 0) is 44.9 Å². The topological polar surface area (TPSA) is 101 Å². The third-order valence-electron chi connectivity index (χ3n) is 4.53. The molecular weight excluding hydrogens is 364 g/mol. The van der Waals surface area contributed by atoms with Crippen LogP contribution in [-0.2, 0) is 16.1 Å². The van der Waals surface area contributed by atoms with Crippen LogP contribution in [0.3, 0.4) is 0 Å². The smallest absolute Gasteiger partial charge is 0.311 e. The second-order valence-electron chi connectivity index (χ2n) is 6.56. The second-order valence-corrected chi connectivity index (χ2v) is 6.56. The number of nitro benzene ring substituents is 1. The molecule has 1 heterocycles. The van der Waals surface area contributed by atoms with Gasteiger partial charge in [0.25, 0.3) is 0 Å². The second kappa shape index (κ2) is 9.16. The maximum Gasteiger partial charge on any atom is 0.311 e. The number of rotatable bonds is 9. The molecule has 0 unspecified atom stereocenters. The van der Waals surface area contributed by atoms with Gasteiger partial charge in [0.1, 0.15) is 0 Å². The van der Waals surface area contributed by atoms with Gasteiger partial charge in [-0.2, -0.15) is 0 Å². The number of ketones is 1. The quantitative estimate of drug-likeness (QED) is 0.282. The first-order chi connectivity index (χ1) is 13.2. The van der Waals surface area contributed by atoms with E-state index in [1.165, 1.54) is 19.2 Å². The van der Waals surface area contributed by atoms with Crippen LogP contribution >= 0.6 is 0 Å². The Balaban J connectivity index is 2.08. The van der Waals surface area contributed by atoms with Gasteiger partial charge in [-0.3, -0.25) is 19.7 Å². The van der Waals surface area contributed by atoms with E-state index >= 15 is 0 Å². The lowest BCUT2D eigenvalue weighted by Crippen LogP contribution is -2.14. The van der Waals surface area contributed by atoms with Crippen molar-refractivity contribution in [2.24, 2.45) is 0 Å². The third kappa shape index (κ3) is 4.97. The first-order valence-electron chi connectivity index (χ1n) is 8.89. The Hall–Kier alpha value is -3.16. The van der Waals surface area contributed by atoms with Gasteiger partial charge in [0.15, 0.2) is 12.4 Å². The Morgan fingerprint density at radius 3 is 2.54 bits per heavy atom. The van der Waals surface area contributed by atoms with Gasteiger partial charge in [-0.25, -0.2) is 0 Å². The number of benzene rings is 1. The Bertz CT molecular complexity index is 900. The summed E-state index contributed by atoms with van der Waals surface area (Å²) < 4.78 is 12.0. The van der Waals surface area contributed by atoms with Crippen LogP contribution in [-0.4, -0.2) is 35.0 Å². The van der Waals surface area contributed by atoms with Crippen molar-refractivity contribution in [1.29, 1.82) is 0 Å². The van der Waals surface area contributed by atoms with Crippen molar-refractivity contribution in [3.05, 3.63) is 56.9 Å². The van der Waals surface area contributed by atoms with Crippen LogP contribution in [0.4, 0.5) is 5.69 Å². The lowest BCUT2D eigenvalue weighted by Gasteiger charge is -2.10. The third-order valence-corrected chi connectivity index (χ3v) is 4.53. The van der Waals surface area contributed by atoms with E-state index in [0.717, 1.165) is 17.0 Å². The van der Waals surface area contributed by atoms with Crippen LogP contribution in [0.1, 0.15) is 40.2 Å². The van der Waals surface area contributed by atoms with Gasteiger partial charge in [-0.1, -0.05) is 6.07 Å². The molecule has 0 saturated carbocycles. The van der Waals surface area contributed by atoms with Crippen molar-refractivity contribution < 1.29 is 24.0 Å². The number of hydrogen-bond donors (Lipinski definition) is 0. The molecule has 0 saturated heterocycles. The Kier molecular flexibility index (Phi) is 6.92. The molecule has 1 aromatic carbocycles. The molecule has 0 radical (unpaired) electrons. The van der Waals surface area contributed by atoms with Gasteiger partial charge >= 0.3 is 11.7 Å². The van der Waals surface area contributed by atoms with E-state index in [2.05, 4.69) is 4.74 Å². The molecule has 8 heteroatoms. The molecule has 1 aromatic heterocycles. The molecule has 0 aliphatic heterocycles. The summed E-state index contributed by atoms with van der Waals surface area (Å²) in [5.74, 6) is -0.468. The number of ether oxygens (including phenoxy) is 2. The molecule has 0 bridgehead atoms. The first kappa shape index (κ1) is 21.1. The number of carbonyl (C=O) groups is 2. The number of carbonyl (C=O) groups excluding carboxylic acids is 2. The molecule has 0 N–H and O–H groups in total. The average molecular weight is 388 g/mol. The SMILES string of the molecule is COC(=O)CCCn1c(C)cc(C(=O)COc2ccc(C)cc2[N+](=O)[O-])c1C. The van der Waals surface area contributed by atoms with E-state index in [1.54, 1.807) is 19.1 Å². The highest BCUT2D eigenvalue weighted by Crippen LogP contribution is 2.28. The number of nitro groups is 1. The first-order valence-corrected chi connectivity index (χ1v) is 8.89. The summed E-state index contributed by atoms with van der Waals surface area (Å²) >= 11 is 0. The Labute approximate surface area is 163 Å². The highest BCUT2D eigenvalue weighted by Gasteiger charge is 2.19. The van der Waals surface area contributed by atoms with Gasteiger partial charge in [0.2, 0.25) is 5.78 Å². The van der Waals surface area contributed by atoms with Gasteiger partial charge < -0.3 is 14.0 Å². The fourth-order valence-electron chi connectivity index (χ4n) is 3.02. The molecule has 0 spiro atoms. The molecule has 150 valence electrons. The summed E-state index contributed by atoms with van der Waals surface area (Å²) in [4.78, 5) is 34.5. The van der Waals surface area contributed by atoms with E-state index in [0.29, 0.717) is 24.9 Å². The minimum Gasteiger partial charge on any atom is -0.478 e. The molecule has 28 heavy (non-hydrogen) atoms. The van der Waals surface area contributed by atoms with Crippen LogP contribution in [0.2, 0.25) is 0 Å². The maximum absolute atomic E-state index is 12.6. The van der Waals surface area contributed by atoms with E-state index in [9.17, 15) is 19.7 Å². The number of Topliss-reactive ketones (excluding diaryl/α,β-unsaturated/α-hetero) is 1. The van der Waals surface area contributed by atoms with Crippen LogP contribution in [0.5, 0.6) is 5.75 Å². The number of aromatic nitrogens is 1. The lowest BCUT2D eigenvalue weighted by atomic mass is 10.1. The van der Waals surface area contributed by atoms with Crippen molar-refractivity contribution >= 4 is 17.4 Å². The fraction of sp³-hybridized carbons (Fsp3) is 0.400. The van der Waals surface area contributed by atoms with Gasteiger partial charge in [0, 0.05) is 36.0 Å². The standard InChI is InChI=1S/C20H24N2O6/c1-13-7-8-19(17(10-13)22(25)26)28-12-18(23)16-11-14(2)21(15(16)3)9-5-6-20(24)27-4/h7-8,10-11H,5-6,9,12H2,1-4H3. The summed E-state index contributed by atoms with van der Waals surface area (Å²) in [6, 6.07) is 6.37. The van der Waals surface area contributed by atoms with Crippen molar-refractivity contribution in [2.45, 2.75) is 40.2 Å². The summed E-state index contributed by atoms with van der Waals surface area (Å²) in [7, 11) is 1.35. The van der Waals surface area contributed by atoms with Crippen molar-refractivity contribution in [2.75, 3.05) is 13.7 Å². The summed E-state index contributed by atoms with van der Waals surface area (Å²) in [6.45, 7) is 5.75.